The van der Waals surface area contributed by atoms with Gasteiger partial charge in [-0.2, -0.15) is 4.31 Å². The second-order valence-corrected chi connectivity index (χ2v) is 7.47. The van der Waals surface area contributed by atoms with Crippen molar-refractivity contribution in [2.75, 3.05) is 27.3 Å². The molecule has 0 amide bonds. The van der Waals surface area contributed by atoms with Crippen LogP contribution in [0.15, 0.2) is 23.1 Å². The van der Waals surface area contributed by atoms with Gasteiger partial charge < -0.3 is 15.2 Å². The number of methoxy groups -OCH3 is 2. The van der Waals surface area contributed by atoms with E-state index in [-0.39, 0.29) is 10.9 Å². The van der Waals surface area contributed by atoms with Crippen LogP contribution in [0.1, 0.15) is 19.8 Å². The number of rotatable bonds is 5. The molecule has 1 heterocycles. The first kappa shape index (κ1) is 17.1. The molecule has 1 saturated heterocycles. The highest BCUT2D eigenvalue weighted by molar-refractivity contribution is 7.89. The Hall–Kier alpha value is -1.31. The number of nitrogens with two attached hydrogens (primary N) is 1. The van der Waals surface area contributed by atoms with Gasteiger partial charge in [0.25, 0.3) is 0 Å². The summed E-state index contributed by atoms with van der Waals surface area (Å²) < 4.78 is 37.8. The zero-order chi connectivity index (χ0) is 16.3. The first-order valence-corrected chi connectivity index (χ1v) is 8.82. The van der Waals surface area contributed by atoms with Crippen molar-refractivity contribution >= 4 is 10.0 Å². The fourth-order valence-electron chi connectivity index (χ4n) is 2.84. The van der Waals surface area contributed by atoms with Gasteiger partial charge in [-0.25, -0.2) is 8.42 Å². The minimum atomic E-state index is -3.65. The van der Waals surface area contributed by atoms with Gasteiger partial charge in [0.2, 0.25) is 10.0 Å². The Balaban J connectivity index is 2.32. The van der Waals surface area contributed by atoms with Crippen molar-refractivity contribution in [3.05, 3.63) is 18.2 Å². The second-order valence-electron chi connectivity index (χ2n) is 5.59. The van der Waals surface area contributed by atoms with E-state index < -0.39 is 10.0 Å². The summed E-state index contributed by atoms with van der Waals surface area (Å²) in [7, 11) is -0.745. The molecule has 1 aliphatic rings. The van der Waals surface area contributed by atoms with E-state index in [4.69, 9.17) is 15.2 Å². The van der Waals surface area contributed by atoms with Crippen LogP contribution < -0.4 is 15.2 Å². The average molecular weight is 328 g/mol. The SMILES string of the molecule is COc1cccc(OC)c1S(=O)(=O)N1CCC(C(C)N)CC1. The molecule has 2 N–H and O–H groups in total. The van der Waals surface area contributed by atoms with Crippen molar-refractivity contribution in [2.24, 2.45) is 11.7 Å². The van der Waals surface area contributed by atoms with E-state index in [1.807, 2.05) is 6.92 Å². The summed E-state index contributed by atoms with van der Waals surface area (Å²) >= 11 is 0. The van der Waals surface area contributed by atoms with Crippen LogP contribution in [0.4, 0.5) is 0 Å². The van der Waals surface area contributed by atoms with Gasteiger partial charge in [-0.05, 0) is 37.8 Å². The zero-order valence-electron chi connectivity index (χ0n) is 13.3. The Labute approximate surface area is 132 Å². The van der Waals surface area contributed by atoms with Gasteiger partial charge in [0.15, 0.2) is 4.90 Å². The summed E-state index contributed by atoms with van der Waals surface area (Å²) in [5, 5.41) is 0. The van der Waals surface area contributed by atoms with Gasteiger partial charge in [-0.1, -0.05) is 6.07 Å². The Kier molecular flexibility index (Phi) is 5.31. The minimum absolute atomic E-state index is 0.0886. The number of sulfonamides is 1. The number of hydrogen-bond acceptors (Lipinski definition) is 5. The maximum Gasteiger partial charge on any atom is 0.250 e. The third-order valence-electron chi connectivity index (χ3n) is 4.22. The number of hydrogen-bond donors (Lipinski definition) is 1. The molecular formula is C15H24N2O4S. The highest BCUT2D eigenvalue weighted by Gasteiger charge is 2.34. The van der Waals surface area contributed by atoms with Gasteiger partial charge in [0, 0.05) is 19.1 Å². The fourth-order valence-corrected chi connectivity index (χ4v) is 4.60. The van der Waals surface area contributed by atoms with Gasteiger partial charge in [0.1, 0.15) is 11.5 Å². The largest absolute Gasteiger partial charge is 0.495 e. The third kappa shape index (κ3) is 3.21. The van der Waals surface area contributed by atoms with E-state index in [1.54, 1.807) is 18.2 Å². The number of ether oxygens (including phenoxy) is 2. The Morgan fingerprint density at radius 2 is 1.68 bits per heavy atom. The van der Waals surface area contributed by atoms with Crippen LogP contribution in [-0.4, -0.2) is 46.1 Å². The molecule has 1 atom stereocenters. The predicted molar refractivity (Wildman–Crippen MR) is 84.7 cm³/mol. The molecule has 0 radical (unpaired) electrons. The molecule has 1 fully saturated rings. The Morgan fingerprint density at radius 1 is 1.18 bits per heavy atom. The van der Waals surface area contributed by atoms with Gasteiger partial charge in [-0.3, -0.25) is 0 Å². The number of nitrogens with zero attached hydrogens (tertiary/aromatic N) is 1. The normalized spacial score (nSPS) is 18.9. The van der Waals surface area contributed by atoms with E-state index in [2.05, 4.69) is 0 Å². The van der Waals surface area contributed by atoms with Crippen molar-refractivity contribution in [3.63, 3.8) is 0 Å². The lowest BCUT2D eigenvalue weighted by molar-refractivity contribution is 0.249. The van der Waals surface area contributed by atoms with Crippen molar-refractivity contribution in [1.82, 2.24) is 4.31 Å². The summed E-state index contributed by atoms with van der Waals surface area (Å²) in [5.74, 6) is 0.966. The molecule has 22 heavy (non-hydrogen) atoms. The fraction of sp³-hybridized carbons (Fsp3) is 0.600. The first-order chi connectivity index (χ1) is 10.4. The van der Waals surface area contributed by atoms with Crippen LogP contribution in [0.5, 0.6) is 11.5 Å². The van der Waals surface area contributed by atoms with E-state index in [1.165, 1.54) is 18.5 Å². The van der Waals surface area contributed by atoms with E-state index in [0.717, 1.165) is 12.8 Å². The molecule has 1 aromatic rings. The molecule has 6 nitrogen and oxygen atoms in total. The third-order valence-corrected chi connectivity index (χ3v) is 6.19. The van der Waals surface area contributed by atoms with Crippen LogP contribution >= 0.6 is 0 Å². The van der Waals surface area contributed by atoms with Crippen LogP contribution in [0, 0.1) is 5.92 Å². The molecule has 0 aliphatic carbocycles. The Morgan fingerprint density at radius 3 is 2.09 bits per heavy atom. The molecule has 1 unspecified atom stereocenters. The first-order valence-electron chi connectivity index (χ1n) is 7.38. The average Bonchev–Trinajstić information content (AvgIpc) is 2.53. The summed E-state index contributed by atoms with van der Waals surface area (Å²) in [6, 6.07) is 5.05. The van der Waals surface area contributed by atoms with Crippen LogP contribution in [-0.2, 0) is 10.0 Å². The monoisotopic (exact) mass is 328 g/mol. The van der Waals surface area contributed by atoms with Gasteiger partial charge in [0.05, 0.1) is 14.2 Å². The Bertz CT molecular complexity index is 586. The minimum Gasteiger partial charge on any atom is -0.495 e. The maximum atomic E-state index is 13.0. The molecule has 1 aromatic carbocycles. The quantitative estimate of drug-likeness (QED) is 0.885. The zero-order valence-corrected chi connectivity index (χ0v) is 14.1. The molecule has 0 spiro atoms. The molecule has 7 heteroatoms. The molecule has 0 aromatic heterocycles. The topological polar surface area (TPSA) is 81.9 Å². The van der Waals surface area contributed by atoms with Crippen molar-refractivity contribution in [1.29, 1.82) is 0 Å². The highest BCUT2D eigenvalue weighted by Crippen LogP contribution is 2.36. The standard InChI is InChI=1S/C15H24N2O4S/c1-11(16)12-7-9-17(10-8-12)22(18,19)15-13(20-2)5-4-6-14(15)21-3/h4-6,11-12H,7-10,16H2,1-3H3. The van der Waals surface area contributed by atoms with Crippen molar-refractivity contribution < 1.29 is 17.9 Å². The maximum absolute atomic E-state index is 13.0. The van der Waals surface area contributed by atoms with Crippen molar-refractivity contribution in [2.45, 2.75) is 30.7 Å². The summed E-state index contributed by atoms with van der Waals surface area (Å²) in [6.07, 6.45) is 1.54. The molecule has 124 valence electrons. The van der Waals surface area contributed by atoms with E-state index >= 15 is 0 Å². The number of benzene rings is 1. The number of piperidine rings is 1. The summed E-state index contributed by atoms with van der Waals surface area (Å²) in [5.41, 5.74) is 5.92. The van der Waals surface area contributed by atoms with Crippen molar-refractivity contribution in [3.8, 4) is 11.5 Å². The van der Waals surface area contributed by atoms with Crippen LogP contribution in [0.25, 0.3) is 0 Å². The molecule has 1 aliphatic heterocycles. The lowest BCUT2D eigenvalue weighted by Crippen LogP contribution is -2.42. The summed E-state index contributed by atoms with van der Waals surface area (Å²) in [6.45, 7) is 2.91. The van der Waals surface area contributed by atoms with Gasteiger partial charge in [-0.15, -0.1) is 0 Å². The highest BCUT2D eigenvalue weighted by atomic mass is 32.2. The second kappa shape index (κ2) is 6.85. The molecule has 2 rings (SSSR count). The summed E-state index contributed by atoms with van der Waals surface area (Å²) in [4.78, 5) is 0.0965. The van der Waals surface area contributed by atoms with Crippen LogP contribution in [0.3, 0.4) is 0 Å². The van der Waals surface area contributed by atoms with Gasteiger partial charge >= 0.3 is 0 Å². The molecular weight excluding hydrogens is 304 g/mol. The molecule has 0 bridgehead atoms. The van der Waals surface area contributed by atoms with E-state index in [0.29, 0.717) is 30.5 Å². The molecule has 0 saturated carbocycles. The lowest BCUT2D eigenvalue weighted by Gasteiger charge is -2.33. The predicted octanol–water partition coefficient (Wildman–Crippen LogP) is 1.45. The van der Waals surface area contributed by atoms with E-state index in [9.17, 15) is 8.42 Å². The van der Waals surface area contributed by atoms with Crippen LogP contribution in [0.2, 0.25) is 0 Å². The smallest absolute Gasteiger partial charge is 0.250 e. The lowest BCUT2D eigenvalue weighted by atomic mass is 9.92.